The lowest BCUT2D eigenvalue weighted by atomic mass is 9.99. The van der Waals surface area contributed by atoms with Gasteiger partial charge in [0.25, 0.3) is 0 Å². The lowest BCUT2D eigenvalue weighted by Gasteiger charge is -2.10. The smallest absolute Gasteiger partial charge is 0.165 e. The third kappa shape index (κ3) is 5.11. The quantitative estimate of drug-likeness (QED) is 0.177. The Balaban J connectivity index is 0.972. The van der Waals surface area contributed by atoms with Crippen molar-refractivity contribution in [1.82, 2.24) is 19.9 Å². The van der Waals surface area contributed by atoms with E-state index in [-0.39, 0.29) is 0 Å². The van der Waals surface area contributed by atoms with E-state index in [9.17, 15) is 0 Å². The number of benzene rings is 7. The van der Waals surface area contributed by atoms with Crippen molar-refractivity contribution in [3.63, 3.8) is 0 Å². The van der Waals surface area contributed by atoms with Crippen LogP contribution in [0.25, 0.3) is 108 Å². The van der Waals surface area contributed by atoms with Crippen molar-refractivity contribution in [2.75, 3.05) is 0 Å². The van der Waals surface area contributed by atoms with E-state index in [0.717, 1.165) is 44.6 Å². The van der Waals surface area contributed by atoms with Crippen LogP contribution in [0.4, 0.5) is 0 Å². The minimum atomic E-state index is 0.646. The highest BCUT2D eigenvalue weighted by Gasteiger charge is 2.18. The van der Waals surface area contributed by atoms with Gasteiger partial charge in [0.05, 0.1) is 15.9 Å². The predicted octanol–water partition coefficient (Wildman–Crippen LogP) is 13.5. The lowest BCUT2D eigenvalue weighted by molar-refractivity contribution is 1.08. The molecule has 54 heavy (non-hydrogen) atoms. The topological polar surface area (TPSA) is 51.6 Å². The van der Waals surface area contributed by atoms with Crippen molar-refractivity contribution < 1.29 is 0 Å². The van der Waals surface area contributed by atoms with E-state index in [1.165, 1.54) is 45.7 Å². The second kappa shape index (κ2) is 12.5. The first-order valence-corrected chi connectivity index (χ1v) is 19.5. The molecule has 0 aliphatic rings. The van der Waals surface area contributed by atoms with Crippen LogP contribution in [0.3, 0.4) is 0 Å². The molecule has 0 atom stereocenters. The van der Waals surface area contributed by atoms with Crippen molar-refractivity contribution >= 4 is 73.9 Å². The van der Waals surface area contributed by atoms with Crippen LogP contribution in [-0.2, 0) is 0 Å². The van der Waals surface area contributed by atoms with Gasteiger partial charge in [0, 0.05) is 63.3 Å². The van der Waals surface area contributed by atoms with Crippen LogP contribution in [0, 0.1) is 0 Å². The van der Waals surface area contributed by atoms with E-state index in [1.807, 2.05) is 29.5 Å². The van der Waals surface area contributed by atoms with Crippen molar-refractivity contribution in [3.05, 3.63) is 170 Å². The molecule has 0 saturated carbocycles. The van der Waals surface area contributed by atoms with Crippen LogP contribution in [0.2, 0.25) is 0 Å². The van der Waals surface area contributed by atoms with Crippen LogP contribution in [-0.4, -0.2) is 19.9 Å². The highest BCUT2D eigenvalue weighted by Crippen LogP contribution is 2.42. The first-order valence-electron chi connectivity index (χ1n) is 17.9. The van der Waals surface area contributed by atoms with E-state index in [1.54, 1.807) is 11.3 Å². The molecule has 6 heteroatoms. The summed E-state index contributed by atoms with van der Waals surface area (Å²) < 4.78 is 4.94. The zero-order valence-corrected chi connectivity index (χ0v) is 30.4. The summed E-state index contributed by atoms with van der Waals surface area (Å²) in [5.74, 6) is 1.97. The Morgan fingerprint density at radius 2 is 0.778 bits per heavy atom. The standard InChI is InChI=1S/C48H28N4S2/c1-2-11-32(12-3-1)46-50-47(52-48(51-46)39-18-10-17-36-34-13-6-8-19-40(34)53-44(36)39)33-27-23-30(24-28-33)29-21-25-31(26-22-29)42-35-14-4-5-15-37(35)45-43(49-42)38-16-7-9-20-41(38)54-45/h1-28H. The monoisotopic (exact) mass is 724 g/mol. The molecule has 0 bridgehead atoms. The molecule has 0 aliphatic carbocycles. The van der Waals surface area contributed by atoms with Gasteiger partial charge in [-0.15, -0.1) is 22.7 Å². The van der Waals surface area contributed by atoms with Gasteiger partial charge in [0.15, 0.2) is 17.5 Å². The molecule has 4 aromatic heterocycles. The molecule has 0 unspecified atom stereocenters. The maximum absolute atomic E-state index is 5.29. The highest BCUT2D eigenvalue weighted by molar-refractivity contribution is 7.27. The summed E-state index contributed by atoms with van der Waals surface area (Å²) in [5.41, 5.74) is 8.34. The maximum atomic E-state index is 5.29. The summed E-state index contributed by atoms with van der Waals surface area (Å²) in [7, 11) is 0. The molecule has 0 aliphatic heterocycles. The molecule has 0 saturated heterocycles. The van der Waals surface area contributed by atoms with E-state index in [2.05, 4.69) is 152 Å². The molecule has 0 fully saturated rings. The van der Waals surface area contributed by atoms with Gasteiger partial charge in [-0.2, -0.15) is 0 Å². The fourth-order valence-corrected chi connectivity index (χ4v) is 9.90. The Hall–Kier alpha value is -6.60. The Bertz CT molecular complexity index is 3200. The van der Waals surface area contributed by atoms with Gasteiger partial charge in [0.2, 0.25) is 0 Å². The van der Waals surface area contributed by atoms with E-state index < -0.39 is 0 Å². The number of rotatable bonds is 5. The number of pyridine rings is 1. The molecular weight excluding hydrogens is 697 g/mol. The molecule has 4 nitrogen and oxygen atoms in total. The third-order valence-corrected chi connectivity index (χ3v) is 12.6. The molecule has 252 valence electrons. The summed E-state index contributed by atoms with van der Waals surface area (Å²) in [5, 5.41) is 6.10. The largest absolute Gasteiger partial charge is 0.246 e. The van der Waals surface area contributed by atoms with Crippen molar-refractivity contribution in [3.8, 4) is 56.5 Å². The number of aromatic nitrogens is 4. The van der Waals surface area contributed by atoms with Gasteiger partial charge in [0.1, 0.15) is 0 Å². The van der Waals surface area contributed by atoms with Crippen molar-refractivity contribution in [2.24, 2.45) is 0 Å². The first-order chi connectivity index (χ1) is 26.7. The molecule has 11 rings (SSSR count). The average Bonchev–Trinajstić information content (AvgIpc) is 3.83. The van der Waals surface area contributed by atoms with Gasteiger partial charge in [-0.25, -0.2) is 19.9 Å². The second-order valence-electron chi connectivity index (χ2n) is 13.4. The number of thiophene rings is 2. The second-order valence-corrected chi connectivity index (χ2v) is 15.5. The molecule has 11 aromatic rings. The summed E-state index contributed by atoms with van der Waals surface area (Å²) in [6.07, 6.45) is 0. The van der Waals surface area contributed by atoms with Crippen LogP contribution in [0.1, 0.15) is 0 Å². The highest BCUT2D eigenvalue weighted by atomic mass is 32.1. The van der Waals surface area contributed by atoms with Gasteiger partial charge in [-0.3, -0.25) is 0 Å². The average molecular weight is 725 g/mol. The molecular formula is C48H28N4S2. The fourth-order valence-electron chi connectivity index (χ4n) is 7.50. The first kappa shape index (κ1) is 31.0. The molecule has 0 spiro atoms. The summed E-state index contributed by atoms with van der Waals surface area (Å²) in [4.78, 5) is 20.4. The van der Waals surface area contributed by atoms with Crippen LogP contribution < -0.4 is 0 Å². The molecule has 0 radical (unpaired) electrons. The van der Waals surface area contributed by atoms with Crippen LogP contribution in [0.5, 0.6) is 0 Å². The van der Waals surface area contributed by atoms with Crippen LogP contribution >= 0.6 is 22.7 Å². The minimum absolute atomic E-state index is 0.646. The summed E-state index contributed by atoms with van der Waals surface area (Å²) in [6.45, 7) is 0. The maximum Gasteiger partial charge on any atom is 0.165 e. The number of hydrogen-bond acceptors (Lipinski definition) is 6. The number of nitrogens with zero attached hydrogens (tertiary/aromatic N) is 4. The van der Waals surface area contributed by atoms with Crippen molar-refractivity contribution in [1.29, 1.82) is 0 Å². The Morgan fingerprint density at radius 3 is 1.50 bits per heavy atom. The molecule has 7 aromatic carbocycles. The van der Waals surface area contributed by atoms with E-state index in [0.29, 0.717) is 17.5 Å². The summed E-state index contributed by atoms with van der Waals surface area (Å²) >= 11 is 3.60. The SMILES string of the molecule is c1ccc(-c2nc(-c3ccc(-c4ccc(-c5nc6c7ccccc7sc6c6ccccc56)cc4)cc3)nc(-c3cccc4c3sc3ccccc34)n2)cc1. The van der Waals surface area contributed by atoms with E-state index in [4.69, 9.17) is 19.9 Å². The van der Waals surface area contributed by atoms with E-state index >= 15 is 0 Å². The lowest BCUT2D eigenvalue weighted by Crippen LogP contribution is -2.00. The third-order valence-electron chi connectivity index (χ3n) is 10.2. The number of fused-ring (bicyclic) bond motifs is 8. The Kier molecular flexibility index (Phi) is 7.18. The van der Waals surface area contributed by atoms with Crippen LogP contribution in [0.15, 0.2) is 170 Å². The fraction of sp³-hybridized carbons (Fsp3) is 0. The molecule has 4 heterocycles. The molecule has 0 amide bonds. The van der Waals surface area contributed by atoms with Gasteiger partial charge >= 0.3 is 0 Å². The van der Waals surface area contributed by atoms with Gasteiger partial charge < -0.3 is 0 Å². The van der Waals surface area contributed by atoms with Gasteiger partial charge in [-0.05, 0) is 29.3 Å². The van der Waals surface area contributed by atoms with Crippen molar-refractivity contribution in [2.45, 2.75) is 0 Å². The predicted molar refractivity (Wildman–Crippen MR) is 228 cm³/mol. The summed E-state index contributed by atoms with van der Waals surface area (Å²) in [6, 6.07) is 59.6. The Labute approximate surface area is 318 Å². The normalized spacial score (nSPS) is 11.7. The zero-order valence-electron chi connectivity index (χ0n) is 28.8. The Morgan fingerprint density at radius 1 is 0.296 bits per heavy atom. The number of hydrogen-bond donors (Lipinski definition) is 0. The zero-order chi connectivity index (χ0) is 35.6. The minimum Gasteiger partial charge on any atom is -0.246 e. The van der Waals surface area contributed by atoms with Gasteiger partial charge in [-0.1, -0.05) is 152 Å². The molecule has 0 N–H and O–H groups in total.